The molecule has 0 N–H and O–H groups in total. The predicted molar refractivity (Wildman–Crippen MR) is 69.7 cm³/mol. The predicted octanol–water partition coefficient (Wildman–Crippen LogP) is 1.13. The van der Waals surface area contributed by atoms with Gasteiger partial charge in [0.15, 0.2) is 0 Å². The summed E-state index contributed by atoms with van der Waals surface area (Å²) in [5, 5.41) is 4.28. The zero-order valence-corrected chi connectivity index (χ0v) is 11.5. The molecule has 0 bridgehead atoms. The molecule has 2 heterocycles. The van der Waals surface area contributed by atoms with Crippen molar-refractivity contribution in [1.29, 1.82) is 0 Å². The van der Waals surface area contributed by atoms with Gasteiger partial charge in [0.25, 0.3) is 0 Å². The van der Waals surface area contributed by atoms with Gasteiger partial charge in [-0.25, -0.2) is 4.68 Å². The summed E-state index contributed by atoms with van der Waals surface area (Å²) >= 11 is 0. The second-order valence-corrected chi connectivity index (χ2v) is 4.80. The van der Waals surface area contributed by atoms with Crippen molar-refractivity contribution >= 4 is 17.7 Å². The summed E-state index contributed by atoms with van der Waals surface area (Å²) in [5.74, 6) is 0.0616. The molecule has 2 rings (SSSR count). The Morgan fingerprint density at radius 2 is 2.32 bits per heavy atom. The Hall–Kier alpha value is -1.85. The minimum absolute atomic E-state index is 0.0450. The number of aromatic nitrogens is 2. The van der Waals surface area contributed by atoms with E-state index in [2.05, 4.69) is 12.0 Å². The number of nitrogens with zero attached hydrogens (tertiary/aromatic N) is 3. The molecule has 6 nitrogen and oxygen atoms in total. The van der Waals surface area contributed by atoms with Crippen LogP contribution in [0.5, 0.6) is 0 Å². The summed E-state index contributed by atoms with van der Waals surface area (Å²) in [6.07, 6.45) is 2.91. The summed E-state index contributed by atoms with van der Waals surface area (Å²) in [4.78, 5) is 25.3. The number of ether oxygens (including phenoxy) is 1. The third-order valence-corrected chi connectivity index (χ3v) is 3.34. The zero-order valence-electron chi connectivity index (χ0n) is 11.5. The smallest absolute Gasteiger partial charge is 0.311 e. The van der Waals surface area contributed by atoms with E-state index in [0.29, 0.717) is 6.54 Å². The Balaban J connectivity index is 2.25. The van der Waals surface area contributed by atoms with Crippen molar-refractivity contribution in [1.82, 2.24) is 9.78 Å². The molecular weight excluding hydrogens is 246 g/mol. The van der Waals surface area contributed by atoms with Crippen LogP contribution >= 0.6 is 0 Å². The van der Waals surface area contributed by atoms with Crippen molar-refractivity contribution in [2.24, 2.45) is 5.92 Å². The number of carbonyl (C=O) groups excluding carboxylic acids is 2. The van der Waals surface area contributed by atoms with Crippen molar-refractivity contribution in [3.05, 3.63) is 11.8 Å². The van der Waals surface area contributed by atoms with Gasteiger partial charge in [-0.05, 0) is 13.3 Å². The number of rotatable bonds is 4. The molecule has 0 spiro atoms. The minimum Gasteiger partial charge on any atom is -0.469 e. The molecule has 19 heavy (non-hydrogen) atoms. The molecule has 1 aromatic heterocycles. The number of methoxy groups -OCH3 is 1. The summed E-state index contributed by atoms with van der Waals surface area (Å²) < 4.78 is 6.54. The van der Waals surface area contributed by atoms with Crippen LogP contribution in [0.2, 0.25) is 0 Å². The van der Waals surface area contributed by atoms with Crippen LogP contribution in [-0.2, 0) is 20.9 Å². The van der Waals surface area contributed by atoms with E-state index in [9.17, 15) is 9.59 Å². The SMILES string of the molecule is CCCn1ncc(C)c1N1CC(C(=O)OC)CC1=O. The molecule has 1 aromatic rings. The first-order valence-corrected chi connectivity index (χ1v) is 6.49. The lowest BCUT2D eigenvalue weighted by Crippen LogP contribution is -2.29. The highest BCUT2D eigenvalue weighted by atomic mass is 16.5. The Morgan fingerprint density at radius 1 is 1.58 bits per heavy atom. The summed E-state index contributed by atoms with van der Waals surface area (Å²) in [6, 6.07) is 0. The number of anilines is 1. The van der Waals surface area contributed by atoms with E-state index >= 15 is 0 Å². The minimum atomic E-state index is -0.373. The van der Waals surface area contributed by atoms with Gasteiger partial charge < -0.3 is 4.74 Å². The number of carbonyl (C=O) groups is 2. The molecule has 6 heteroatoms. The molecule has 0 aliphatic carbocycles. The van der Waals surface area contributed by atoms with E-state index in [4.69, 9.17) is 4.74 Å². The van der Waals surface area contributed by atoms with Gasteiger partial charge in [-0.1, -0.05) is 6.92 Å². The first kappa shape index (κ1) is 13.6. The van der Waals surface area contributed by atoms with Crippen molar-refractivity contribution in [3.8, 4) is 0 Å². The van der Waals surface area contributed by atoms with Crippen LogP contribution in [0.25, 0.3) is 0 Å². The molecule has 1 fully saturated rings. The van der Waals surface area contributed by atoms with Crippen LogP contribution in [0.15, 0.2) is 6.20 Å². The van der Waals surface area contributed by atoms with E-state index in [0.717, 1.165) is 24.3 Å². The van der Waals surface area contributed by atoms with Crippen molar-refractivity contribution in [2.45, 2.75) is 33.2 Å². The molecule has 1 atom stereocenters. The summed E-state index contributed by atoms with van der Waals surface area (Å²) in [7, 11) is 1.35. The molecular formula is C13H19N3O3. The lowest BCUT2D eigenvalue weighted by atomic mass is 10.1. The van der Waals surface area contributed by atoms with Gasteiger partial charge in [-0.15, -0.1) is 0 Å². The third-order valence-electron chi connectivity index (χ3n) is 3.34. The highest BCUT2D eigenvalue weighted by Crippen LogP contribution is 2.28. The molecule has 1 amide bonds. The Morgan fingerprint density at radius 3 is 2.95 bits per heavy atom. The van der Waals surface area contributed by atoms with E-state index in [1.165, 1.54) is 7.11 Å². The maximum Gasteiger partial charge on any atom is 0.311 e. The molecule has 1 saturated heterocycles. The fourth-order valence-electron chi connectivity index (χ4n) is 2.44. The Kier molecular flexibility index (Phi) is 3.87. The number of aryl methyl sites for hydroxylation is 2. The van der Waals surface area contributed by atoms with E-state index in [-0.39, 0.29) is 24.2 Å². The van der Waals surface area contributed by atoms with Gasteiger partial charge in [0.05, 0.1) is 19.2 Å². The summed E-state index contributed by atoms with van der Waals surface area (Å²) in [6.45, 7) is 5.12. The molecule has 0 radical (unpaired) electrons. The molecule has 1 unspecified atom stereocenters. The molecule has 0 aromatic carbocycles. The van der Waals surface area contributed by atoms with E-state index in [1.807, 2.05) is 11.6 Å². The number of hydrogen-bond acceptors (Lipinski definition) is 4. The Labute approximate surface area is 112 Å². The lowest BCUT2D eigenvalue weighted by molar-refractivity contribution is -0.145. The first-order chi connectivity index (χ1) is 9.08. The zero-order chi connectivity index (χ0) is 14.0. The van der Waals surface area contributed by atoms with Gasteiger partial charge >= 0.3 is 5.97 Å². The normalized spacial score (nSPS) is 19.0. The van der Waals surface area contributed by atoms with Crippen LogP contribution < -0.4 is 4.90 Å². The van der Waals surface area contributed by atoms with Crippen molar-refractivity contribution in [3.63, 3.8) is 0 Å². The monoisotopic (exact) mass is 265 g/mol. The maximum atomic E-state index is 12.1. The van der Waals surface area contributed by atoms with Gasteiger partial charge in [-0.3, -0.25) is 14.5 Å². The number of amides is 1. The average molecular weight is 265 g/mol. The lowest BCUT2D eigenvalue weighted by Gasteiger charge is -2.19. The average Bonchev–Trinajstić information content (AvgIpc) is 2.93. The largest absolute Gasteiger partial charge is 0.469 e. The van der Waals surface area contributed by atoms with Gasteiger partial charge in [-0.2, -0.15) is 5.10 Å². The number of esters is 1. The summed E-state index contributed by atoms with van der Waals surface area (Å²) in [5.41, 5.74) is 0.951. The quantitative estimate of drug-likeness (QED) is 0.765. The molecule has 1 aliphatic rings. The first-order valence-electron chi connectivity index (χ1n) is 6.49. The van der Waals surface area contributed by atoms with Crippen LogP contribution in [0.1, 0.15) is 25.3 Å². The number of hydrogen-bond donors (Lipinski definition) is 0. The fraction of sp³-hybridized carbons (Fsp3) is 0.615. The highest BCUT2D eigenvalue weighted by Gasteiger charge is 2.37. The standard InChI is InChI=1S/C13H19N3O3/c1-4-5-16-12(9(2)7-14-16)15-8-10(6-11(15)17)13(18)19-3/h7,10H,4-6,8H2,1-3H3. The van der Waals surface area contributed by atoms with Crippen molar-refractivity contribution < 1.29 is 14.3 Å². The van der Waals surface area contributed by atoms with E-state index < -0.39 is 0 Å². The fourth-order valence-corrected chi connectivity index (χ4v) is 2.44. The van der Waals surface area contributed by atoms with Crippen LogP contribution in [0, 0.1) is 12.8 Å². The second kappa shape index (κ2) is 5.42. The second-order valence-electron chi connectivity index (χ2n) is 4.80. The van der Waals surface area contributed by atoms with Crippen LogP contribution in [0.4, 0.5) is 5.82 Å². The highest BCUT2D eigenvalue weighted by molar-refractivity contribution is 5.99. The maximum absolute atomic E-state index is 12.1. The van der Waals surface area contributed by atoms with Gasteiger partial charge in [0.1, 0.15) is 5.82 Å². The molecule has 104 valence electrons. The van der Waals surface area contributed by atoms with Crippen LogP contribution in [0.3, 0.4) is 0 Å². The Bertz CT molecular complexity index is 495. The molecule has 1 aliphatic heterocycles. The van der Waals surface area contributed by atoms with Crippen molar-refractivity contribution in [2.75, 3.05) is 18.6 Å². The van der Waals surface area contributed by atoms with Gasteiger partial charge in [0.2, 0.25) is 5.91 Å². The molecule has 0 saturated carbocycles. The van der Waals surface area contributed by atoms with Gasteiger partial charge in [0, 0.05) is 25.1 Å². The third kappa shape index (κ3) is 2.47. The van der Waals surface area contributed by atoms with Crippen LogP contribution in [-0.4, -0.2) is 35.3 Å². The topological polar surface area (TPSA) is 64.4 Å². The van der Waals surface area contributed by atoms with E-state index in [1.54, 1.807) is 11.1 Å².